The predicted molar refractivity (Wildman–Crippen MR) is 80.1 cm³/mol. The van der Waals surface area contributed by atoms with Crippen LogP contribution in [0, 0.1) is 6.92 Å². The van der Waals surface area contributed by atoms with E-state index in [9.17, 15) is 0 Å². The molecular weight excluding hydrogens is 220 g/mol. The van der Waals surface area contributed by atoms with E-state index in [-0.39, 0.29) is 5.54 Å². The van der Waals surface area contributed by atoms with E-state index in [0.717, 1.165) is 19.5 Å². The Morgan fingerprint density at radius 1 is 1.11 bits per heavy atom. The van der Waals surface area contributed by atoms with E-state index in [1.807, 2.05) is 0 Å². The molecule has 0 fully saturated rings. The van der Waals surface area contributed by atoms with Gasteiger partial charge in [0.05, 0.1) is 0 Å². The summed E-state index contributed by atoms with van der Waals surface area (Å²) in [6.45, 7) is 13.1. The Balaban J connectivity index is 2.26. The van der Waals surface area contributed by atoms with Crippen LogP contribution in [0.4, 0.5) is 0 Å². The van der Waals surface area contributed by atoms with Gasteiger partial charge in [-0.25, -0.2) is 0 Å². The zero-order valence-corrected chi connectivity index (χ0v) is 12.5. The summed E-state index contributed by atoms with van der Waals surface area (Å²) >= 11 is 0. The first-order valence-corrected chi connectivity index (χ1v) is 6.91. The van der Waals surface area contributed by atoms with E-state index in [0.29, 0.717) is 6.04 Å². The Kier molecular flexibility index (Phi) is 5.83. The van der Waals surface area contributed by atoms with Gasteiger partial charge in [-0.1, -0.05) is 24.3 Å². The zero-order valence-electron chi connectivity index (χ0n) is 12.5. The molecule has 0 aromatic heterocycles. The maximum Gasteiger partial charge on any atom is 0.00970 e. The molecule has 102 valence electrons. The Labute approximate surface area is 112 Å². The lowest BCUT2D eigenvalue weighted by Gasteiger charge is -2.22. The highest BCUT2D eigenvalue weighted by Crippen LogP contribution is 2.09. The predicted octanol–water partition coefficient (Wildman–Crippen LogP) is 2.90. The third kappa shape index (κ3) is 6.18. The minimum Gasteiger partial charge on any atom is -0.313 e. The van der Waals surface area contributed by atoms with Gasteiger partial charge < -0.3 is 10.6 Å². The summed E-state index contributed by atoms with van der Waals surface area (Å²) in [4.78, 5) is 0. The highest BCUT2D eigenvalue weighted by Gasteiger charge is 2.08. The van der Waals surface area contributed by atoms with E-state index in [1.165, 1.54) is 11.1 Å². The SMILES string of the molecule is Cc1ccccc1CC(C)NCCNC(C)(C)C. The summed E-state index contributed by atoms with van der Waals surface area (Å²) in [6.07, 6.45) is 1.10. The van der Waals surface area contributed by atoms with Gasteiger partial charge in [-0.05, 0) is 52.2 Å². The summed E-state index contributed by atoms with van der Waals surface area (Å²) in [5.74, 6) is 0. The third-order valence-corrected chi connectivity index (χ3v) is 3.06. The van der Waals surface area contributed by atoms with Crippen molar-refractivity contribution in [3.63, 3.8) is 0 Å². The van der Waals surface area contributed by atoms with E-state index in [1.54, 1.807) is 0 Å². The second-order valence-corrected chi connectivity index (χ2v) is 6.16. The van der Waals surface area contributed by atoms with Crippen LogP contribution in [-0.4, -0.2) is 24.7 Å². The minimum atomic E-state index is 0.209. The van der Waals surface area contributed by atoms with Gasteiger partial charge >= 0.3 is 0 Å². The minimum absolute atomic E-state index is 0.209. The van der Waals surface area contributed by atoms with Crippen molar-refractivity contribution in [1.29, 1.82) is 0 Å². The Morgan fingerprint density at radius 2 is 1.78 bits per heavy atom. The molecule has 0 saturated carbocycles. The average molecular weight is 248 g/mol. The van der Waals surface area contributed by atoms with Crippen LogP contribution in [0.3, 0.4) is 0 Å². The molecule has 0 aliphatic carbocycles. The fraction of sp³-hybridized carbons (Fsp3) is 0.625. The molecule has 0 spiro atoms. The van der Waals surface area contributed by atoms with Gasteiger partial charge in [-0.15, -0.1) is 0 Å². The molecule has 0 aliphatic rings. The lowest BCUT2D eigenvalue weighted by molar-refractivity contribution is 0.412. The molecule has 18 heavy (non-hydrogen) atoms. The average Bonchev–Trinajstić information content (AvgIpc) is 2.26. The molecule has 1 rings (SSSR count). The molecule has 1 aromatic carbocycles. The van der Waals surface area contributed by atoms with Crippen molar-refractivity contribution in [1.82, 2.24) is 10.6 Å². The van der Waals surface area contributed by atoms with Crippen LogP contribution in [0.5, 0.6) is 0 Å². The zero-order chi connectivity index (χ0) is 13.6. The molecule has 1 aromatic rings. The van der Waals surface area contributed by atoms with E-state index < -0.39 is 0 Å². The highest BCUT2D eigenvalue weighted by atomic mass is 15.0. The molecule has 2 heteroatoms. The van der Waals surface area contributed by atoms with Crippen molar-refractivity contribution in [3.05, 3.63) is 35.4 Å². The van der Waals surface area contributed by atoms with Gasteiger partial charge in [0.2, 0.25) is 0 Å². The monoisotopic (exact) mass is 248 g/mol. The summed E-state index contributed by atoms with van der Waals surface area (Å²) in [7, 11) is 0. The van der Waals surface area contributed by atoms with Crippen LogP contribution < -0.4 is 10.6 Å². The molecule has 1 unspecified atom stereocenters. The summed E-state index contributed by atoms with van der Waals surface area (Å²) in [6, 6.07) is 9.15. The first-order valence-electron chi connectivity index (χ1n) is 6.91. The summed E-state index contributed by atoms with van der Waals surface area (Å²) < 4.78 is 0. The lowest BCUT2D eigenvalue weighted by atomic mass is 10.0. The Hall–Kier alpha value is -0.860. The molecule has 0 radical (unpaired) electrons. The van der Waals surface area contributed by atoms with Crippen molar-refractivity contribution in [3.8, 4) is 0 Å². The van der Waals surface area contributed by atoms with Crippen molar-refractivity contribution < 1.29 is 0 Å². The van der Waals surface area contributed by atoms with Crippen molar-refractivity contribution in [2.75, 3.05) is 13.1 Å². The second kappa shape index (κ2) is 6.91. The second-order valence-electron chi connectivity index (χ2n) is 6.16. The number of benzene rings is 1. The van der Waals surface area contributed by atoms with Gasteiger partial charge in [-0.3, -0.25) is 0 Å². The smallest absolute Gasteiger partial charge is 0.00970 e. The van der Waals surface area contributed by atoms with Gasteiger partial charge in [0.15, 0.2) is 0 Å². The number of hydrogen-bond acceptors (Lipinski definition) is 2. The standard InChI is InChI=1S/C16H28N2/c1-13-8-6-7-9-15(13)12-14(2)17-10-11-18-16(3,4)5/h6-9,14,17-18H,10-12H2,1-5H3. The third-order valence-electron chi connectivity index (χ3n) is 3.06. The molecule has 0 bridgehead atoms. The van der Waals surface area contributed by atoms with Crippen LogP contribution in [0.25, 0.3) is 0 Å². The van der Waals surface area contributed by atoms with Crippen LogP contribution >= 0.6 is 0 Å². The number of aryl methyl sites for hydroxylation is 1. The van der Waals surface area contributed by atoms with Gasteiger partial charge in [-0.2, -0.15) is 0 Å². The van der Waals surface area contributed by atoms with E-state index >= 15 is 0 Å². The van der Waals surface area contributed by atoms with E-state index in [4.69, 9.17) is 0 Å². The maximum atomic E-state index is 3.57. The summed E-state index contributed by atoms with van der Waals surface area (Å²) in [5.41, 5.74) is 3.04. The van der Waals surface area contributed by atoms with Crippen LogP contribution in [0.15, 0.2) is 24.3 Å². The van der Waals surface area contributed by atoms with E-state index in [2.05, 4.69) is 69.5 Å². The molecule has 0 aliphatic heterocycles. The fourth-order valence-corrected chi connectivity index (χ4v) is 2.00. The number of hydrogen-bond donors (Lipinski definition) is 2. The van der Waals surface area contributed by atoms with Gasteiger partial charge in [0.1, 0.15) is 0 Å². The molecular formula is C16H28N2. The number of nitrogens with one attached hydrogen (secondary N) is 2. The highest BCUT2D eigenvalue weighted by molar-refractivity contribution is 5.26. The van der Waals surface area contributed by atoms with Crippen molar-refractivity contribution >= 4 is 0 Å². The topological polar surface area (TPSA) is 24.1 Å². The largest absolute Gasteiger partial charge is 0.313 e. The first-order chi connectivity index (χ1) is 8.38. The fourth-order valence-electron chi connectivity index (χ4n) is 2.00. The normalized spacial score (nSPS) is 13.6. The Bertz CT molecular complexity index is 352. The number of rotatable bonds is 6. The molecule has 1 atom stereocenters. The van der Waals surface area contributed by atoms with Crippen molar-refractivity contribution in [2.45, 2.75) is 52.6 Å². The quantitative estimate of drug-likeness (QED) is 0.756. The summed E-state index contributed by atoms with van der Waals surface area (Å²) in [5, 5.41) is 7.06. The Morgan fingerprint density at radius 3 is 2.39 bits per heavy atom. The van der Waals surface area contributed by atoms with Gasteiger partial charge in [0, 0.05) is 24.7 Å². The van der Waals surface area contributed by atoms with Crippen LogP contribution in [0.1, 0.15) is 38.8 Å². The molecule has 2 nitrogen and oxygen atoms in total. The molecule has 2 N–H and O–H groups in total. The van der Waals surface area contributed by atoms with Crippen LogP contribution in [-0.2, 0) is 6.42 Å². The maximum absolute atomic E-state index is 3.57. The molecule has 0 amide bonds. The molecule has 0 heterocycles. The van der Waals surface area contributed by atoms with Gasteiger partial charge in [0.25, 0.3) is 0 Å². The van der Waals surface area contributed by atoms with Crippen molar-refractivity contribution in [2.24, 2.45) is 0 Å². The lowest BCUT2D eigenvalue weighted by Crippen LogP contribution is -2.42. The molecule has 0 saturated heterocycles. The van der Waals surface area contributed by atoms with Crippen LogP contribution in [0.2, 0.25) is 0 Å². The first kappa shape index (κ1) is 15.2.